The number of anilines is 1. The minimum Gasteiger partial charge on any atom is -0.423 e. The lowest BCUT2D eigenvalue weighted by atomic mass is 10.1. The molecule has 1 aromatic carbocycles. The van der Waals surface area contributed by atoms with Crippen molar-refractivity contribution in [1.82, 2.24) is 10.2 Å². The quantitative estimate of drug-likeness (QED) is 0.667. The molecule has 0 radical (unpaired) electrons. The summed E-state index contributed by atoms with van der Waals surface area (Å²) in [5.41, 5.74) is 2.09. The summed E-state index contributed by atoms with van der Waals surface area (Å²) in [4.78, 5) is 0. The van der Waals surface area contributed by atoms with E-state index in [0.29, 0.717) is 11.9 Å². The molecule has 0 aliphatic heterocycles. The van der Waals surface area contributed by atoms with Crippen molar-refractivity contribution >= 4 is 5.69 Å². The van der Waals surface area contributed by atoms with Gasteiger partial charge in [0.1, 0.15) is 0 Å². The molecule has 0 saturated carbocycles. The largest absolute Gasteiger partial charge is 0.423 e. The molecule has 1 N–H and O–H groups in total. The van der Waals surface area contributed by atoms with Crippen molar-refractivity contribution in [3.63, 3.8) is 0 Å². The van der Waals surface area contributed by atoms with Gasteiger partial charge in [-0.1, -0.05) is 39.0 Å². The Labute approximate surface area is 127 Å². The normalized spacial score (nSPS) is 12.3. The molecule has 0 fully saturated rings. The van der Waals surface area contributed by atoms with Crippen molar-refractivity contribution in [2.45, 2.75) is 58.4 Å². The van der Waals surface area contributed by atoms with E-state index in [1.807, 2.05) is 12.1 Å². The SMILES string of the molecule is CCCCCCCC(C)Nc1ccc(-c2nnco2)cc1. The van der Waals surface area contributed by atoms with Crippen molar-refractivity contribution in [3.05, 3.63) is 30.7 Å². The van der Waals surface area contributed by atoms with Crippen LogP contribution in [0.15, 0.2) is 35.1 Å². The van der Waals surface area contributed by atoms with Gasteiger partial charge in [0.2, 0.25) is 12.3 Å². The van der Waals surface area contributed by atoms with Gasteiger partial charge < -0.3 is 9.73 Å². The molecule has 114 valence electrons. The Morgan fingerprint density at radius 1 is 1.10 bits per heavy atom. The lowest BCUT2D eigenvalue weighted by molar-refractivity contribution is 0.568. The molecule has 0 saturated heterocycles. The number of rotatable bonds is 9. The van der Waals surface area contributed by atoms with Gasteiger partial charge in [0.15, 0.2) is 0 Å². The molecule has 0 amide bonds. The lowest BCUT2D eigenvalue weighted by Crippen LogP contribution is -2.14. The van der Waals surface area contributed by atoms with Gasteiger partial charge in [0.05, 0.1) is 0 Å². The molecule has 4 heteroatoms. The van der Waals surface area contributed by atoms with Crippen LogP contribution in [-0.2, 0) is 0 Å². The van der Waals surface area contributed by atoms with Gasteiger partial charge in [-0.05, 0) is 37.6 Å². The van der Waals surface area contributed by atoms with Crippen molar-refractivity contribution < 1.29 is 4.42 Å². The average molecular weight is 287 g/mol. The maximum atomic E-state index is 5.18. The number of aromatic nitrogens is 2. The van der Waals surface area contributed by atoms with E-state index in [1.54, 1.807) is 0 Å². The standard InChI is InChI=1S/C17H25N3O/c1-3-4-5-6-7-8-14(2)19-16-11-9-15(10-12-16)17-20-18-13-21-17/h9-14,19H,3-8H2,1-2H3. The van der Waals surface area contributed by atoms with Crippen LogP contribution in [0.4, 0.5) is 5.69 Å². The van der Waals surface area contributed by atoms with Crippen molar-refractivity contribution in [1.29, 1.82) is 0 Å². The maximum absolute atomic E-state index is 5.18. The van der Waals surface area contributed by atoms with Crippen LogP contribution in [0.2, 0.25) is 0 Å². The zero-order valence-electron chi connectivity index (χ0n) is 13.0. The van der Waals surface area contributed by atoms with Gasteiger partial charge in [-0.25, -0.2) is 0 Å². The van der Waals surface area contributed by atoms with Crippen LogP contribution in [0, 0.1) is 0 Å². The average Bonchev–Trinajstić information content (AvgIpc) is 3.02. The zero-order valence-corrected chi connectivity index (χ0v) is 13.0. The molecule has 21 heavy (non-hydrogen) atoms. The molecule has 1 unspecified atom stereocenters. The Hall–Kier alpha value is -1.84. The predicted octanol–water partition coefficient (Wildman–Crippen LogP) is 4.90. The van der Waals surface area contributed by atoms with E-state index < -0.39 is 0 Å². The number of nitrogens with zero attached hydrogens (tertiary/aromatic N) is 2. The first-order chi connectivity index (χ1) is 10.3. The fourth-order valence-corrected chi connectivity index (χ4v) is 2.42. The summed E-state index contributed by atoms with van der Waals surface area (Å²) >= 11 is 0. The molecule has 1 atom stereocenters. The summed E-state index contributed by atoms with van der Waals surface area (Å²) < 4.78 is 5.18. The van der Waals surface area contributed by atoms with Crippen LogP contribution in [0.5, 0.6) is 0 Å². The van der Waals surface area contributed by atoms with Crippen molar-refractivity contribution in [3.8, 4) is 11.5 Å². The predicted molar refractivity (Wildman–Crippen MR) is 86.2 cm³/mol. The number of hydrogen-bond acceptors (Lipinski definition) is 4. The highest BCUT2D eigenvalue weighted by atomic mass is 16.4. The first-order valence-electron chi connectivity index (χ1n) is 7.92. The number of nitrogens with one attached hydrogen (secondary N) is 1. The van der Waals surface area contributed by atoms with E-state index in [9.17, 15) is 0 Å². The van der Waals surface area contributed by atoms with E-state index in [-0.39, 0.29) is 0 Å². The molecule has 1 aromatic heterocycles. The van der Waals surface area contributed by atoms with Crippen LogP contribution in [-0.4, -0.2) is 16.2 Å². The molecule has 1 heterocycles. The molecular weight excluding hydrogens is 262 g/mol. The summed E-state index contributed by atoms with van der Waals surface area (Å²) in [6.07, 6.45) is 9.24. The summed E-state index contributed by atoms with van der Waals surface area (Å²) in [5, 5.41) is 11.1. The molecule has 2 aromatic rings. The smallest absolute Gasteiger partial charge is 0.247 e. The Kier molecular flexibility index (Phi) is 6.25. The Morgan fingerprint density at radius 2 is 1.86 bits per heavy atom. The van der Waals surface area contributed by atoms with Gasteiger partial charge in [-0.15, -0.1) is 10.2 Å². The highest BCUT2D eigenvalue weighted by Gasteiger charge is 2.05. The second-order valence-electron chi connectivity index (χ2n) is 5.57. The topological polar surface area (TPSA) is 51.0 Å². The summed E-state index contributed by atoms with van der Waals surface area (Å²) in [6, 6.07) is 8.63. The van der Waals surface area contributed by atoms with Crippen molar-refractivity contribution in [2.75, 3.05) is 5.32 Å². The van der Waals surface area contributed by atoms with E-state index in [2.05, 4.69) is 41.5 Å². The Morgan fingerprint density at radius 3 is 2.52 bits per heavy atom. The highest BCUT2D eigenvalue weighted by molar-refractivity contribution is 5.58. The maximum Gasteiger partial charge on any atom is 0.247 e. The van der Waals surface area contributed by atoms with Crippen LogP contribution in [0.3, 0.4) is 0 Å². The van der Waals surface area contributed by atoms with Gasteiger partial charge in [-0.2, -0.15) is 0 Å². The lowest BCUT2D eigenvalue weighted by Gasteiger charge is -2.15. The monoisotopic (exact) mass is 287 g/mol. The summed E-state index contributed by atoms with van der Waals surface area (Å²) in [6.45, 7) is 4.49. The second kappa shape index (κ2) is 8.45. The Bertz CT molecular complexity index is 493. The number of unbranched alkanes of at least 4 members (excludes halogenated alkanes) is 4. The van der Waals surface area contributed by atoms with Gasteiger partial charge in [0.25, 0.3) is 0 Å². The molecule has 0 aliphatic rings. The van der Waals surface area contributed by atoms with Gasteiger partial charge in [0, 0.05) is 17.3 Å². The van der Waals surface area contributed by atoms with Crippen LogP contribution < -0.4 is 5.32 Å². The van der Waals surface area contributed by atoms with E-state index in [1.165, 1.54) is 44.9 Å². The first-order valence-corrected chi connectivity index (χ1v) is 7.92. The third-order valence-electron chi connectivity index (χ3n) is 3.65. The first kappa shape index (κ1) is 15.5. The number of benzene rings is 1. The van der Waals surface area contributed by atoms with Crippen LogP contribution >= 0.6 is 0 Å². The van der Waals surface area contributed by atoms with Crippen LogP contribution in [0.25, 0.3) is 11.5 Å². The minimum absolute atomic E-state index is 0.501. The molecule has 0 spiro atoms. The molecule has 4 nitrogen and oxygen atoms in total. The van der Waals surface area contributed by atoms with E-state index in [0.717, 1.165) is 11.3 Å². The minimum atomic E-state index is 0.501. The second-order valence-corrected chi connectivity index (χ2v) is 5.57. The third kappa shape index (κ3) is 5.21. The highest BCUT2D eigenvalue weighted by Crippen LogP contribution is 2.20. The molecular formula is C17H25N3O. The molecule has 2 rings (SSSR count). The van der Waals surface area contributed by atoms with Crippen LogP contribution in [0.1, 0.15) is 52.4 Å². The fraction of sp³-hybridized carbons (Fsp3) is 0.529. The van der Waals surface area contributed by atoms with E-state index in [4.69, 9.17) is 4.42 Å². The van der Waals surface area contributed by atoms with Gasteiger partial charge >= 0.3 is 0 Å². The third-order valence-corrected chi connectivity index (χ3v) is 3.65. The van der Waals surface area contributed by atoms with Crippen molar-refractivity contribution in [2.24, 2.45) is 0 Å². The number of hydrogen-bond donors (Lipinski definition) is 1. The zero-order chi connectivity index (χ0) is 14.9. The summed E-state index contributed by atoms with van der Waals surface area (Å²) in [7, 11) is 0. The van der Waals surface area contributed by atoms with E-state index >= 15 is 0 Å². The van der Waals surface area contributed by atoms with Gasteiger partial charge in [-0.3, -0.25) is 0 Å². The summed E-state index contributed by atoms with van der Waals surface area (Å²) in [5.74, 6) is 0.561. The molecule has 0 bridgehead atoms. The Balaban J connectivity index is 1.75. The fourth-order valence-electron chi connectivity index (χ4n) is 2.42. The molecule has 0 aliphatic carbocycles.